The number of rotatable bonds is 9. The standard InChI is InChI=1S/C18H25NO3/c20-14-16-11-12-19-17(16)18(21)22-13-7-2-1-4-8-15-9-5-3-6-10-15/h3,5-6,9-10,14,16-17,19H,1-2,4,7-8,11-13H2. The number of hydrogen-bond acceptors (Lipinski definition) is 4. The highest BCUT2D eigenvalue weighted by molar-refractivity contribution is 5.80. The first kappa shape index (κ1) is 16.7. The largest absolute Gasteiger partial charge is 0.465 e. The first-order chi connectivity index (χ1) is 10.8. The molecule has 0 spiro atoms. The van der Waals surface area contributed by atoms with Crippen LogP contribution in [0.4, 0.5) is 0 Å². The molecule has 0 aliphatic carbocycles. The Labute approximate surface area is 132 Å². The van der Waals surface area contributed by atoms with Crippen LogP contribution in [0.3, 0.4) is 0 Å². The van der Waals surface area contributed by atoms with E-state index < -0.39 is 6.04 Å². The fraction of sp³-hybridized carbons (Fsp3) is 0.556. The van der Waals surface area contributed by atoms with Gasteiger partial charge in [0.15, 0.2) is 0 Å². The minimum Gasteiger partial charge on any atom is -0.465 e. The molecule has 0 aromatic heterocycles. The van der Waals surface area contributed by atoms with Crippen LogP contribution in [0, 0.1) is 5.92 Å². The summed E-state index contributed by atoms with van der Waals surface area (Å²) >= 11 is 0. The van der Waals surface area contributed by atoms with Crippen molar-refractivity contribution in [3.8, 4) is 0 Å². The lowest BCUT2D eigenvalue weighted by atomic mass is 10.0. The molecule has 1 aromatic carbocycles. The summed E-state index contributed by atoms with van der Waals surface area (Å²) in [6.45, 7) is 1.16. The van der Waals surface area contributed by atoms with Crippen LogP contribution in [-0.2, 0) is 20.7 Å². The fourth-order valence-corrected chi connectivity index (χ4v) is 2.82. The fourth-order valence-electron chi connectivity index (χ4n) is 2.82. The third-order valence-corrected chi connectivity index (χ3v) is 4.15. The van der Waals surface area contributed by atoms with Crippen molar-refractivity contribution in [2.45, 2.75) is 44.6 Å². The number of benzene rings is 1. The summed E-state index contributed by atoms with van der Waals surface area (Å²) in [6.07, 6.45) is 6.95. The molecule has 4 nitrogen and oxygen atoms in total. The molecular weight excluding hydrogens is 278 g/mol. The van der Waals surface area contributed by atoms with Crippen LogP contribution >= 0.6 is 0 Å². The summed E-state index contributed by atoms with van der Waals surface area (Å²) in [7, 11) is 0. The van der Waals surface area contributed by atoms with Gasteiger partial charge in [-0.2, -0.15) is 0 Å². The van der Waals surface area contributed by atoms with Gasteiger partial charge in [-0.3, -0.25) is 4.79 Å². The van der Waals surface area contributed by atoms with Gasteiger partial charge in [-0.05, 0) is 37.8 Å². The van der Waals surface area contributed by atoms with Crippen LogP contribution in [-0.4, -0.2) is 31.4 Å². The first-order valence-electron chi connectivity index (χ1n) is 8.20. The van der Waals surface area contributed by atoms with Crippen LogP contribution in [0.2, 0.25) is 0 Å². The molecule has 1 aromatic rings. The van der Waals surface area contributed by atoms with Crippen LogP contribution < -0.4 is 5.32 Å². The molecular formula is C18H25NO3. The SMILES string of the molecule is O=CC1CCNC1C(=O)OCCCCCCc1ccccc1. The van der Waals surface area contributed by atoms with Crippen molar-refractivity contribution in [1.29, 1.82) is 0 Å². The zero-order valence-electron chi connectivity index (χ0n) is 13.0. The van der Waals surface area contributed by atoms with Gasteiger partial charge in [0.2, 0.25) is 0 Å². The van der Waals surface area contributed by atoms with Gasteiger partial charge in [0.1, 0.15) is 12.3 Å². The van der Waals surface area contributed by atoms with E-state index in [0.29, 0.717) is 13.2 Å². The van der Waals surface area contributed by atoms with Gasteiger partial charge in [-0.1, -0.05) is 43.2 Å². The van der Waals surface area contributed by atoms with Crippen molar-refractivity contribution in [3.63, 3.8) is 0 Å². The number of hydrogen-bond donors (Lipinski definition) is 1. The van der Waals surface area contributed by atoms with E-state index in [1.54, 1.807) is 0 Å². The smallest absolute Gasteiger partial charge is 0.323 e. The number of esters is 1. The molecule has 4 heteroatoms. The van der Waals surface area contributed by atoms with E-state index in [2.05, 4.69) is 29.6 Å². The van der Waals surface area contributed by atoms with E-state index in [-0.39, 0.29) is 11.9 Å². The summed E-state index contributed by atoms with van der Waals surface area (Å²) in [6, 6.07) is 10.0. The van der Waals surface area contributed by atoms with E-state index in [1.165, 1.54) is 5.56 Å². The zero-order valence-corrected chi connectivity index (χ0v) is 13.0. The number of unbranched alkanes of at least 4 members (excludes halogenated alkanes) is 3. The molecule has 2 rings (SSSR count). The Morgan fingerprint density at radius 1 is 1.18 bits per heavy atom. The van der Waals surface area contributed by atoms with Gasteiger partial charge in [-0.25, -0.2) is 0 Å². The molecule has 1 heterocycles. The highest BCUT2D eigenvalue weighted by atomic mass is 16.5. The van der Waals surface area contributed by atoms with Crippen molar-refractivity contribution in [2.24, 2.45) is 5.92 Å². The molecule has 1 saturated heterocycles. The van der Waals surface area contributed by atoms with Crippen molar-refractivity contribution >= 4 is 12.3 Å². The Hall–Kier alpha value is -1.68. The van der Waals surface area contributed by atoms with Gasteiger partial charge in [0.25, 0.3) is 0 Å². The second kappa shape index (κ2) is 9.36. The van der Waals surface area contributed by atoms with Gasteiger partial charge in [0, 0.05) is 5.92 Å². The van der Waals surface area contributed by atoms with E-state index in [0.717, 1.165) is 44.8 Å². The Balaban J connectivity index is 1.50. The predicted octanol–water partition coefficient (Wildman–Crippen LogP) is 2.51. The molecule has 120 valence electrons. The summed E-state index contributed by atoms with van der Waals surface area (Å²) < 4.78 is 5.26. The summed E-state index contributed by atoms with van der Waals surface area (Å²) in [5, 5.41) is 3.03. The lowest BCUT2D eigenvalue weighted by Crippen LogP contribution is -2.37. The molecule has 0 radical (unpaired) electrons. The molecule has 0 bridgehead atoms. The van der Waals surface area contributed by atoms with E-state index in [4.69, 9.17) is 4.74 Å². The Kier molecular flexibility index (Phi) is 7.10. The molecule has 1 aliphatic rings. The lowest BCUT2D eigenvalue weighted by Gasteiger charge is -2.13. The van der Waals surface area contributed by atoms with E-state index in [1.807, 2.05) is 6.07 Å². The maximum atomic E-state index is 11.8. The molecule has 0 saturated carbocycles. The third-order valence-electron chi connectivity index (χ3n) is 4.15. The summed E-state index contributed by atoms with van der Waals surface area (Å²) in [4.78, 5) is 22.7. The van der Waals surface area contributed by atoms with Crippen LogP contribution in [0.25, 0.3) is 0 Å². The van der Waals surface area contributed by atoms with Gasteiger partial charge in [0.05, 0.1) is 6.61 Å². The first-order valence-corrected chi connectivity index (χ1v) is 8.20. The highest BCUT2D eigenvalue weighted by Crippen LogP contribution is 2.14. The highest BCUT2D eigenvalue weighted by Gasteiger charge is 2.33. The number of ether oxygens (including phenoxy) is 1. The van der Waals surface area contributed by atoms with E-state index >= 15 is 0 Å². The van der Waals surface area contributed by atoms with Crippen molar-refractivity contribution in [1.82, 2.24) is 5.32 Å². The molecule has 2 unspecified atom stereocenters. The van der Waals surface area contributed by atoms with Crippen LogP contribution in [0.5, 0.6) is 0 Å². The molecule has 1 aliphatic heterocycles. The predicted molar refractivity (Wildman–Crippen MR) is 85.5 cm³/mol. The maximum Gasteiger partial charge on any atom is 0.323 e. The Morgan fingerprint density at radius 3 is 2.73 bits per heavy atom. The average molecular weight is 303 g/mol. The molecule has 1 N–H and O–H groups in total. The second-order valence-electron chi connectivity index (χ2n) is 5.84. The minimum absolute atomic E-state index is 0.224. The minimum atomic E-state index is -0.435. The average Bonchev–Trinajstić information content (AvgIpc) is 3.03. The van der Waals surface area contributed by atoms with Crippen molar-refractivity contribution < 1.29 is 14.3 Å². The Morgan fingerprint density at radius 2 is 1.95 bits per heavy atom. The topological polar surface area (TPSA) is 55.4 Å². The van der Waals surface area contributed by atoms with E-state index in [9.17, 15) is 9.59 Å². The summed E-state index contributed by atoms with van der Waals surface area (Å²) in [5.41, 5.74) is 1.38. The zero-order chi connectivity index (χ0) is 15.6. The number of nitrogens with one attached hydrogen (secondary N) is 1. The van der Waals surface area contributed by atoms with Crippen LogP contribution in [0.15, 0.2) is 30.3 Å². The van der Waals surface area contributed by atoms with Gasteiger partial charge >= 0.3 is 5.97 Å². The summed E-state index contributed by atoms with van der Waals surface area (Å²) in [5.74, 6) is -0.503. The monoisotopic (exact) mass is 303 g/mol. The van der Waals surface area contributed by atoms with Crippen LogP contribution in [0.1, 0.15) is 37.7 Å². The number of carbonyl (C=O) groups excluding carboxylic acids is 2. The quantitative estimate of drug-likeness (QED) is 0.433. The number of carbonyl (C=O) groups is 2. The molecule has 1 fully saturated rings. The third kappa shape index (κ3) is 5.26. The molecule has 2 atom stereocenters. The number of aldehydes is 1. The second-order valence-corrected chi connectivity index (χ2v) is 5.84. The van der Waals surface area contributed by atoms with Gasteiger partial charge < -0.3 is 14.8 Å². The number of aryl methyl sites for hydroxylation is 1. The van der Waals surface area contributed by atoms with Crippen molar-refractivity contribution in [3.05, 3.63) is 35.9 Å². The lowest BCUT2D eigenvalue weighted by molar-refractivity contribution is -0.147. The van der Waals surface area contributed by atoms with Gasteiger partial charge in [-0.15, -0.1) is 0 Å². The van der Waals surface area contributed by atoms with Crippen molar-refractivity contribution in [2.75, 3.05) is 13.2 Å². The molecule has 22 heavy (non-hydrogen) atoms. The molecule has 0 amide bonds. The Bertz CT molecular complexity index is 461. The maximum absolute atomic E-state index is 11.8. The normalized spacial score (nSPS) is 20.7.